The van der Waals surface area contributed by atoms with E-state index in [9.17, 15) is 4.79 Å². The van der Waals surface area contributed by atoms with E-state index in [2.05, 4.69) is 46.8 Å². The summed E-state index contributed by atoms with van der Waals surface area (Å²) in [6, 6.07) is 0. The molecule has 1 aliphatic heterocycles. The van der Waals surface area contributed by atoms with Crippen LogP contribution in [0.2, 0.25) is 0 Å². The summed E-state index contributed by atoms with van der Waals surface area (Å²) in [4.78, 5) is 12.1. The smallest absolute Gasteiger partial charge is 0.200 e. The molecule has 130 valence electrons. The molecule has 0 unspecified atom stereocenters. The Morgan fingerprint density at radius 3 is 2.71 bits per heavy atom. The lowest BCUT2D eigenvalue weighted by molar-refractivity contribution is -0.111. The number of ketones is 1. The molecular formula is C21H27ClO2. The van der Waals surface area contributed by atoms with Crippen molar-refractivity contribution in [3.63, 3.8) is 0 Å². The molecule has 0 N–H and O–H groups in total. The number of halogens is 1. The highest BCUT2D eigenvalue weighted by atomic mass is 35.5. The summed E-state index contributed by atoms with van der Waals surface area (Å²) in [5.74, 6) is 0.932. The molecule has 3 heteroatoms. The van der Waals surface area contributed by atoms with Gasteiger partial charge in [-0.25, -0.2) is 0 Å². The van der Waals surface area contributed by atoms with Crippen LogP contribution in [0.15, 0.2) is 45.7 Å². The van der Waals surface area contributed by atoms with Gasteiger partial charge >= 0.3 is 0 Å². The monoisotopic (exact) mass is 346 g/mol. The van der Waals surface area contributed by atoms with E-state index in [0.29, 0.717) is 5.92 Å². The SMILES string of the molecule is CC(C)=CCC[C@@]1(C)OC2=C(Cl)C(=O)C=C[C@]23CC(=C(C)C)C[C@H]13. The summed E-state index contributed by atoms with van der Waals surface area (Å²) in [5, 5.41) is 0.281. The highest BCUT2D eigenvalue weighted by Gasteiger charge is 2.63. The molecule has 0 amide bonds. The fourth-order valence-electron chi connectivity index (χ4n) is 4.54. The van der Waals surface area contributed by atoms with Crippen LogP contribution in [-0.4, -0.2) is 11.4 Å². The maximum atomic E-state index is 12.1. The van der Waals surface area contributed by atoms with Gasteiger partial charge in [0, 0.05) is 5.92 Å². The molecule has 0 radical (unpaired) electrons. The maximum absolute atomic E-state index is 12.1. The van der Waals surface area contributed by atoms with Gasteiger partial charge in [-0.15, -0.1) is 0 Å². The average Bonchev–Trinajstić information content (AvgIpc) is 2.98. The number of carbonyl (C=O) groups is 1. The lowest BCUT2D eigenvalue weighted by Crippen LogP contribution is -2.35. The second-order valence-corrected chi connectivity index (χ2v) is 8.53. The lowest BCUT2D eigenvalue weighted by atomic mass is 9.69. The Balaban J connectivity index is 2.04. The summed E-state index contributed by atoms with van der Waals surface area (Å²) in [6.45, 7) is 10.8. The van der Waals surface area contributed by atoms with Crippen molar-refractivity contribution in [3.05, 3.63) is 45.7 Å². The lowest BCUT2D eigenvalue weighted by Gasteiger charge is -2.31. The van der Waals surface area contributed by atoms with E-state index in [1.54, 1.807) is 6.08 Å². The van der Waals surface area contributed by atoms with Gasteiger partial charge in [-0.1, -0.05) is 40.5 Å². The van der Waals surface area contributed by atoms with Crippen LogP contribution < -0.4 is 0 Å². The normalized spacial score (nSPS) is 34.2. The molecular weight excluding hydrogens is 320 g/mol. The Kier molecular flexibility index (Phi) is 4.32. The first-order chi connectivity index (χ1) is 11.2. The zero-order valence-corrected chi connectivity index (χ0v) is 16.1. The molecule has 3 aliphatic rings. The van der Waals surface area contributed by atoms with E-state index in [0.717, 1.165) is 31.4 Å². The van der Waals surface area contributed by atoms with Crippen molar-refractivity contribution >= 4 is 17.4 Å². The predicted molar refractivity (Wildman–Crippen MR) is 98.7 cm³/mol. The van der Waals surface area contributed by atoms with E-state index in [1.807, 2.05) is 0 Å². The third-order valence-corrected chi connectivity index (χ3v) is 6.28. The fraction of sp³-hybridized carbons (Fsp3) is 0.571. The first kappa shape index (κ1) is 17.5. The summed E-state index contributed by atoms with van der Waals surface area (Å²) >= 11 is 6.39. The zero-order chi connectivity index (χ0) is 17.7. The molecule has 1 spiro atoms. The van der Waals surface area contributed by atoms with E-state index in [4.69, 9.17) is 16.3 Å². The minimum atomic E-state index is -0.284. The fourth-order valence-corrected chi connectivity index (χ4v) is 4.82. The number of rotatable bonds is 3. The molecule has 0 aromatic heterocycles. The number of hydrogen-bond donors (Lipinski definition) is 0. The minimum absolute atomic E-state index is 0.129. The van der Waals surface area contributed by atoms with Gasteiger partial charge in [-0.05, 0) is 66.4 Å². The first-order valence-electron chi connectivity index (χ1n) is 8.81. The van der Waals surface area contributed by atoms with Crippen molar-refractivity contribution in [2.75, 3.05) is 0 Å². The summed E-state index contributed by atoms with van der Waals surface area (Å²) in [7, 11) is 0. The van der Waals surface area contributed by atoms with Gasteiger partial charge in [-0.2, -0.15) is 0 Å². The van der Waals surface area contributed by atoms with Crippen LogP contribution in [0, 0.1) is 11.3 Å². The number of allylic oxidation sites excluding steroid dienone is 7. The second kappa shape index (κ2) is 5.91. The minimum Gasteiger partial charge on any atom is -0.489 e. The molecule has 2 fully saturated rings. The van der Waals surface area contributed by atoms with E-state index < -0.39 is 0 Å². The zero-order valence-electron chi connectivity index (χ0n) is 15.3. The molecule has 2 aliphatic carbocycles. The quantitative estimate of drug-likeness (QED) is 0.600. The van der Waals surface area contributed by atoms with Gasteiger partial charge in [0.05, 0.1) is 5.41 Å². The molecule has 3 rings (SSSR count). The van der Waals surface area contributed by atoms with Crippen LogP contribution >= 0.6 is 11.6 Å². The van der Waals surface area contributed by atoms with Gasteiger partial charge < -0.3 is 4.74 Å². The second-order valence-electron chi connectivity index (χ2n) is 8.15. The van der Waals surface area contributed by atoms with Crippen molar-refractivity contribution in [2.45, 2.75) is 65.9 Å². The van der Waals surface area contributed by atoms with Gasteiger partial charge in [0.1, 0.15) is 16.4 Å². The molecule has 0 bridgehead atoms. The molecule has 24 heavy (non-hydrogen) atoms. The molecule has 0 aromatic carbocycles. The highest BCUT2D eigenvalue weighted by Crippen LogP contribution is 2.66. The maximum Gasteiger partial charge on any atom is 0.200 e. The van der Waals surface area contributed by atoms with Crippen LogP contribution in [0.1, 0.15) is 60.3 Å². The Morgan fingerprint density at radius 1 is 1.38 bits per heavy atom. The molecule has 1 saturated heterocycles. The molecule has 1 saturated carbocycles. The van der Waals surface area contributed by atoms with Gasteiger partial charge in [0.15, 0.2) is 5.78 Å². The predicted octanol–water partition coefficient (Wildman–Crippen LogP) is 5.84. The van der Waals surface area contributed by atoms with E-state index in [-0.39, 0.29) is 21.8 Å². The van der Waals surface area contributed by atoms with Crippen LogP contribution in [0.3, 0.4) is 0 Å². The summed E-state index contributed by atoms with van der Waals surface area (Å²) in [5.41, 5.74) is 3.68. The van der Waals surface area contributed by atoms with Crippen LogP contribution in [0.5, 0.6) is 0 Å². The van der Waals surface area contributed by atoms with Crippen LogP contribution in [0.4, 0.5) is 0 Å². The average molecular weight is 347 g/mol. The van der Waals surface area contributed by atoms with Crippen molar-refractivity contribution in [3.8, 4) is 0 Å². The number of hydrogen-bond acceptors (Lipinski definition) is 2. The van der Waals surface area contributed by atoms with Crippen LogP contribution in [0.25, 0.3) is 0 Å². The third-order valence-electron chi connectivity index (χ3n) is 5.92. The van der Waals surface area contributed by atoms with Crippen molar-refractivity contribution in [1.82, 2.24) is 0 Å². The first-order valence-corrected chi connectivity index (χ1v) is 9.19. The van der Waals surface area contributed by atoms with E-state index >= 15 is 0 Å². The number of carbonyl (C=O) groups excluding carboxylic acids is 1. The summed E-state index contributed by atoms with van der Waals surface area (Å²) in [6.07, 6.45) is 9.86. The summed E-state index contributed by atoms with van der Waals surface area (Å²) < 4.78 is 6.43. The Bertz CT molecular complexity index is 701. The van der Waals surface area contributed by atoms with Gasteiger partial charge in [-0.3, -0.25) is 4.79 Å². The third kappa shape index (κ3) is 2.60. The van der Waals surface area contributed by atoms with Crippen molar-refractivity contribution < 1.29 is 9.53 Å². The van der Waals surface area contributed by atoms with Crippen LogP contribution in [-0.2, 0) is 9.53 Å². The highest BCUT2D eigenvalue weighted by molar-refractivity contribution is 6.45. The van der Waals surface area contributed by atoms with Crippen molar-refractivity contribution in [2.24, 2.45) is 11.3 Å². The number of ether oxygens (including phenoxy) is 1. The molecule has 3 atom stereocenters. The van der Waals surface area contributed by atoms with Gasteiger partial charge in [0.2, 0.25) is 0 Å². The van der Waals surface area contributed by atoms with Gasteiger partial charge in [0.25, 0.3) is 0 Å². The standard InChI is InChI=1S/C21H27ClO2/c1-13(2)7-6-9-20(5)17-11-15(14(3)4)12-21(17)10-8-16(23)18(22)19(21)24-20/h7-8,10,17H,6,9,11-12H2,1-5H3/t17-,20-,21-/m1/s1. The Labute approximate surface area is 150 Å². The largest absolute Gasteiger partial charge is 0.489 e. The molecule has 0 aromatic rings. The Morgan fingerprint density at radius 2 is 2.08 bits per heavy atom. The Hall–Kier alpha value is -1.28. The topological polar surface area (TPSA) is 26.3 Å². The van der Waals surface area contributed by atoms with E-state index in [1.165, 1.54) is 16.7 Å². The molecule has 1 heterocycles. The molecule has 2 nitrogen and oxygen atoms in total. The van der Waals surface area contributed by atoms with Crippen molar-refractivity contribution in [1.29, 1.82) is 0 Å².